The number of nitrogens with one attached hydrogen (secondary N) is 1. The quantitative estimate of drug-likeness (QED) is 0.696. The number of aliphatic hydroxyl groups excluding tert-OH is 1. The summed E-state index contributed by atoms with van der Waals surface area (Å²) in [6.45, 7) is 7.48. The van der Waals surface area contributed by atoms with Gasteiger partial charge in [-0.1, -0.05) is 26.2 Å². The molecule has 0 aromatic carbocycles. The van der Waals surface area contributed by atoms with Gasteiger partial charge in [-0.05, 0) is 52.0 Å². The van der Waals surface area contributed by atoms with Crippen LogP contribution in [0.5, 0.6) is 0 Å². The first-order valence-electron chi connectivity index (χ1n) is 7.70. The first-order chi connectivity index (χ1) is 8.93. The maximum absolute atomic E-state index is 9.68. The molecule has 3 heteroatoms. The molecule has 1 rings (SSSR count). The smallest absolute Gasteiger partial charge is 0.0683 e. The van der Waals surface area contributed by atoms with E-state index in [1.165, 1.54) is 12.8 Å². The number of hydrogen-bond donors (Lipinski definition) is 2. The van der Waals surface area contributed by atoms with Crippen LogP contribution >= 0.6 is 0 Å². The van der Waals surface area contributed by atoms with E-state index in [9.17, 15) is 5.11 Å². The molecule has 110 valence electrons. The summed E-state index contributed by atoms with van der Waals surface area (Å²) in [4.78, 5) is 0. The van der Waals surface area contributed by atoms with Crippen molar-refractivity contribution in [3.05, 3.63) is 0 Å². The average Bonchev–Trinajstić information content (AvgIpc) is 2.38. The fourth-order valence-electron chi connectivity index (χ4n) is 3.12. The van der Waals surface area contributed by atoms with Crippen LogP contribution < -0.4 is 5.32 Å². The van der Waals surface area contributed by atoms with E-state index in [0.717, 1.165) is 38.6 Å². The van der Waals surface area contributed by atoms with Crippen LogP contribution in [0.2, 0.25) is 0 Å². The lowest BCUT2D eigenvalue weighted by atomic mass is 9.77. The van der Waals surface area contributed by atoms with Crippen molar-refractivity contribution in [3.63, 3.8) is 0 Å². The van der Waals surface area contributed by atoms with Gasteiger partial charge < -0.3 is 10.4 Å². The molecule has 2 atom stereocenters. The summed E-state index contributed by atoms with van der Waals surface area (Å²) in [6, 6.07) is 2.35. The Morgan fingerprint density at radius 3 is 2.74 bits per heavy atom. The second-order valence-corrected chi connectivity index (χ2v) is 7.02. The van der Waals surface area contributed by atoms with Gasteiger partial charge in [-0.15, -0.1) is 0 Å². The Kier molecular flexibility index (Phi) is 6.29. The zero-order valence-corrected chi connectivity index (χ0v) is 12.8. The van der Waals surface area contributed by atoms with Gasteiger partial charge in [-0.3, -0.25) is 0 Å². The lowest BCUT2D eigenvalue weighted by molar-refractivity contribution is 0.0994. The van der Waals surface area contributed by atoms with Gasteiger partial charge >= 0.3 is 0 Å². The molecule has 0 radical (unpaired) electrons. The van der Waals surface area contributed by atoms with Crippen molar-refractivity contribution < 1.29 is 5.11 Å². The minimum Gasteiger partial charge on any atom is -0.394 e. The molecule has 0 saturated heterocycles. The molecule has 0 bridgehead atoms. The lowest BCUT2D eigenvalue weighted by Gasteiger charge is -2.39. The molecule has 3 nitrogen and oxygen atoms in total. The maximum atomic E-state index is 9.68. The van der Waals surface area contributed by atoms with Crippen molar-refractivity contribution in [1.82, 2.24) is 5.32 Å². The molecule has 0 heterocycles. The highest BCUT2D eigenvalue weighted by Crippen LogP contribution is 2.32. The Balaban J connectivity index is 2.25. The van der Waals surface area contributed by atoms with E-state index in [1.807, 2.05) is 13.8 Å². The molecule has 0 aromatic heterocycles. The first-order valence-corrected chi connectivity index (χ1v) is 7.70. The summed E-state index contributed by atoms with van der Waals surface area (Å²) in [5.41, 5.74) is -0.240. The summed E-state index contributed by atoms with van der Waals surface area (Å²) in [7, 11) is 0. The molecule has 1 saturated carbocycles. The van der Waals surface area contributed by atoms with Crippen LogP contribution in [-0.2, 0) is 0 Å². The third-order valence-electron chi connectivity index (χ3n) is 4.43. The van der Waals surface area contributed by atoms with Gasteiger partial charge in [-0.2, -0.15) is 5.26 Å². The third kappa shape index (κ3) is 5.50. The van der Waals surface area contributed by atoms with Crippen LogP contribution in [-0.4, -0.2) is 23.8 Å². The third-order valence-corrected chi connectivity index (χ3v) is 4.43. The van der Waals surface area contributed by atoms with Crippen LogP contribution in [0.25, 0.3) is 0 Å². The van der Waals surface area contributed by atoms with Crippen molar-refractivity contribution >= 4 is 0 Å². The average molecular weight is 266 g/mol. The van der Waals surface area contributed by atoms with E-state index in [1.54, 1.807) is 0 Å². The number of nitriles is 1. The second-order valence-electron chi connectivity index (χ2n) is 7.02. The van der Waals surface area contributed by atoms with Crippen molar-refractivity contribution in [2.45, 2.75) is 71.3 Å². The van der Waals surface area contributed by atoms with Gasteiger partial charge in [-0.25, -0.2) is 0 Å². The van der Waals surface area contributed by atoms with Crippen LogP contribution in [0.15, 0.2) is 0 Å². The van der Waals surface area contributed by atoms with Gasteiger partial charge in [0.15, 0.2) is 0 Å². The summed E-state index contributed by atoms with van der Waals surface area (Å²) in [5.74, 6) is 0.714. The van der Waals surface area contributed by atoms with Gasteiger partial charge in [0, 0.05) is 5.54 Å². The molecule has 2 N–H and O–H groups in total. The standard InChI is InChI=1S/C16H30N2O/c1-14-7-6-9-16(11-14,13-19)18-10-5-4-8-15(2,3)12-17/h14,18-19H,4-11,13H2,1-3H3. The number of unbranched alkanes of at least 4 members (excludes halogenated alkanes) is 1. The summed E-state index contributed by atoms with van der Waals surface area (Å²) in [6.07, 6.45) is 7.81. The fraction of sp³-hybridized carbons (Fsp3) is 0.938. The van der Waals surface area contributed by atoms with E-state index < -0.39 is 0 Å². The number of rotatable bonds is 7. The minimum absolute atomic E-state index is 0.0393. The van der Waals surface area contributed by atoms with Crippen molar-refractivity contribution in [2.75, 3.05) is 13.2 Å². The van der Waals surface area contributed by atoms with Crippen molar-refractivity contribution in [2.24, 2.45) is 11.3 Å². The molecular formula is C16H30N2O. The zero-order chi connectivity index (χ0) is 14.4. The SMILES string of the molecule is CC1CCCC(CO)(NCCCCC(C)(C)C#N)C1. The van der Waals surface area contributed by atoms with E-state index in [2.05, 4.69) is 18.3 Å². The molecule has 19 heavy (non-hydrogen) atoms. The molecule has 0 aromatic rings. The molecular weight excluding hydrogens is 236 g/mol. The normalized spacial score (nSPS) is 28.1. The highest BCUT2D eigenvalue weighted by atomic mass is 16.3. The fourth-order valence-corrected chi connectivity index (χ4v) is 3.12. The van der Waals surface area contributed by atoms with E-state index in [4.69, 9.17) is 5.26 Å². The predicted molar refractivity (Wildman–Crippen MR) is 78.7 cm³/mol. The minimum atomic E-state index is -0.200. The van der Waals surface area contributed by atoms with Crippen LogP contribution in [0.1, 0.15) is 65.7 Å². The predicted octanol–water partition coefficient (Wildman–Crippen LogP) is 3.24. The number of nitrogens with zero attached hydrogens (tertiary/aromatic N) is 1. The Hall–Kier alpha value is -0.590. The van der Waals surface area contributed by atoms with Gasteiger partial charge in [0.2, 0.25) is 0 Å². The van der Waals surface area contributed by atoms with Crippen molar-refractivity contribution in [3.8, 4) is 6.07 Å². The van der Waals surface area contributed by atoms with Gasteiger partial charge in [0.25, 0.3) is 0 Å². The topological polar surface area (TPSA) is 56.0 Å². The Labute approximate surface area is 118 Å². The molecule has 1 aliphatic rings. The highest BCUT2D eigenvalue weighted by Gasteiger charge is 2.33. The Morgan fingerprint density at radius 2 is 2.16 bits per heavy atom. The van der Waals surface area contributed by atoms with Gasteiger partial charge in [0.05, 0.1) is 18.1 Å². The van der Waals surface area contributed by atoms with Crippen LogP contribution in [0.3, 0.4) is 0 Å². The van der Waals surface area contributed by atoms with Gasteiger partial charge in [0.1, 0.15) is 0 Å². The van der Waals surface area contributed by atoms with Crippen LogP contribution in [0.4, 0.5) is 0 Å². The van der Waals surface area contributed by atoms with Crippen molar-refractivity contribution in [1.29, 1.82) is 5.26 Å². The van der Waals surface area contributed by atoms with E-state index >= 15 is 0 Å². The monoisotopic (exact) mass is 266 g/mol. The number of hydrogen-bond acceptors (Lipinski definition) is 3. The summed E-state index contributed by atoms with van der Waals surface area (Å²) >= 11 is 0. The summed E-state index contributed by atoms with van der Waals surface area (Å²) in [5, 5.41) is 22.2. The first kappa shape index (κ1) is 16.5. The molecule has 1 fully saturated rings. The number of aliphatic hydroxyl groups is 1. The van der Waals surface area contributed by atoms with Crippen LogP contribution in [0, 0.1) is 22.7 Å². The zero-order valence-electron chi connectivity index (χ0n) is 12.8. The molecule has 0 amide bonds. The Morgan fingerprint density at radius 1 is 1.42 bits per heavy atom. The molecule has 0 spiro atoms. The Bertz CT molecular complexity index is 308. The molecule has 2 unspecified atom stereocenters. The highest BCUT2D eigenvalue weighted by molar-refractivity contribution is 4.93. The molecule has 0 aliphatic heterocycles. The summed E-state index contributed by atoms with van der Waals surface area (Å²) < 4.78 is 0. The molecule has 1 aliphatic carbocycles. The largest absolute Gasteiger partial charge is 0.394 e. The van der Waals surface area contributed by atoms with E-state index in [-0.39, 0.29) is 17.6 Å². The second kappa shape index (κ2) is 7.26. The lowest BCUT2D eigenvalue weighted by Crippen LogP contribution is -2.51. The maximum Gasteiger partial charge on any atom is 0.0683 e. The van der Waals surface area contributed by atoms with E-state index in [0.29, 0.717) is 5.92 Å².